The molecule has 3 heteroatoms. The molecule has 2 nitrogen and oxygen atoms in total. The van der Waals surface area contributed by atoms with Crippen LogP contribution in [0, 0.1) is 0 Å². The Bertz CT molecular complexity index is 271. The molecule has 0 spiro atoms. The molecule has 0 aliphatic rings. The monoisotopic (exact) mass is 214 g/mol. The maximum atomic E-state index is 5.62. The third-order valence-corrected chi connectivity index (χ3v) is 2.37. The third-order valence-electron chi connectivity index (χ3n) is 1.63. The minimum Gasteiger partial charge on any atom is -0.397 e. The van der Waals surface area contributed by atoms with Gasteiger partial charge in [0.2, 0.25) is 0 Å². The Kier molecular flexibility index (Phi) is 2.39. The van der Waals surface area contributed by atoms with Crippen LogP contribution in [0.4, 0.5) is 11.4 Å². The van der Waals surface area contributed by atoms with E-state index >= 15 is 0 Å². The summed E-state index contributed by atoms with van der Waals surface area (Å²) in [5.74, 6) is 0. The molecule has 0 saturated carbocycles. The average molecular weight is 215 g/mol. The van der Waals surface area contributed by atoms with Crippen molar-refractivity contribution in [2.24, 2.45) is 0 Å². The lowest BCUT2D eigenvalue weighted by molar-refractivity contribution is 1.13. The quantitative estimate of drug-likeness (QED) is 0.705. The van der Waals surface area contributed by atoms with Gasteiger partial charge in [-0.3, -0.25) is 0 Å². The highest BCUT2D eigenvalue weighted by molar-refractivity contribution is 9.10. The molecule has 0 aromatic heterocycles. The highest BCUT2D eigenvalue weighted by Crippen LogP contribution is 2.25. The molecule has 0 amide bonds. The van der Waals surface area contributed by atoms with Crippen LogP contribution in [0.3, 0.4) is 0 Å². The lowest BCUT2D eigenvalue weighted by Gasteiger charge is -2.05. The molecule has 4 N–H and O–H groups in total. The zero-order valence-electron chi connectivity index (χ0n) is 6.39. The number of hydrogen-bond donors (Lipinski definition) is 2. The number of halogens is 1. The van der Waals surface area contributed by atoms with Gasteiger partial charge in [-0.05, 0) is 24.1 Å². The van der Waals surface area contributed by atoms with Crippen LogP contribution in [0.2, 0.25) is 0 Å². The van der Waals surface area contributed by atoms with E-state index in [0.717, 1.165) is 10.9 Å². The number of benzene rings is 1. The molecule has 0 heterocycles. The van der Waals surface area contributed by atoms with E-state index in [1.54, 1.807) is 0 Å². The summed E-state index contributed by atoms with van der Waals surface area (Å²) in [5.41, 5.74) is 13.7. The smallest absolute Gasteiger partial charge is 0.0559 e. The summed E-state index contributed by atoms with van der Waals surface area (Å²) in [6.45, 7) is 2.08. The molecular weight excluding hydrogens is 204 g/mol. The van der Waals surface area contributed by atoms with Crippen LogP contribution < -0.4 is 11.5 Å². The van der Waals surface area contributed by atoms with E-state index in [0.29, 0.717) is 11.4 Å². The summed E-state index contributed by atoms with van der Waals surface area (Å²) < 4.78 is 1.03. The van der Waals surface area contributed by atoms with Crippen LogP contribution in [0.15, 0.2) is 16.6 Å². The fourth-order valence-corrected chi connectivity index (χ4v) is 1.56. The zero-order valence-corrected chi connectivity index (χ0v) is 7.98. The molecule has 0 aliphatic heterocycles. The number of rotatable bonds is 1. The Labute approximate surface area is 74.7 Å². The van der Waals surface area contributed by atoms with Crippen LogP contribution in [-0.4, -0.2) is 0 Å². The van der Waals surface area contributed by atoms with Gasteiger partial charge in [0, 0.05) is 4.47 Å². The summed E-state index contributed by atoms with van der Waals surface area (Å²) in [6, 6.07) is 3.74. The van der Waals surface area contributed by atoms with Crippen molar-refractivity contribution in [2.75, 3.05) is 11.5 Å². The van der Waals surface area contributed by atoms with Crippen molar-refractivity contribution in [1.29, 1.82) is 0 Å². The van der Waals surface area contributed by atoms with Gasteiger partial charge in [0.25, 0.3) is 0 Å². The highest BCUT2D eigenvalue weighted by atomic mass is 79.9. The predicted molar refractivity (Wildman–Crippen MR) is 52.3 cm³/mol. The predicted octanol–water partition coefficient (Wildman–Crippen LogP) is 2.18. The Morgan fingerprint density at radius 2 is 1.82 bits per heavy atom. The average Bonchev–Trinajstić information content (AvgIpc) is 1.97. The normalized spacial score (nSPS) is 10.0. The van der Waals surface area contributed by atoms with Crippen LogP contribution >= 0.6 is 15.9 Å². The first-order valence-corrected chi connectivity index (χ1v) is 4.27. The molecule has 1 rings (SSSR count). The molecule has 60 valence electrons. The van der Waals surface area contributed by atoms with E-state index in [9.17, 15) is 0 Å². The number of nitrogen functional groups attached to an aromatic ring is 2. The second kappa shape index (κ2) is 3.13. The minimum atomic E-state index is 0.633. The van der Waals surface area contributed by atoms with Gasteiger partial charge in [0.1, 0.15) is 0 Å². The van der Waals surface area contributed by atoms with E-state index in [1.165, 1.54) is 5.56 Å². The van der Waals surface area contributed by atoms with Crippen LogP contribution in [0.5, 0.6) is 0 Å². The molecule has 0 radical (unpaired) electrons. The van der Waals surface area contributed by atoms with E-state index in [-0.39, 0.29) is 0 Å². The van der Waals surface area contributed by atoms with Crippen molar-refractivity contribution in [3.05, 3.63) is 22.2 Å². The topological polar surface area (TPSA) is 52.0 Å². The molecule has 1 aromatic carbocycles. The van der Waals surface area contributed by atoms with Gasteiger partial charge in [-0.1, -0.05) is 22.9 Å². The van der Waals surface area contributed by atoms with Gasteiger partial charge in [0.15, 0.2) is 0 Å². The largest absolute Gasteiger partial charge is 0.397 e. The van der Waals surface area contributed by atoms with Gasteiger partial charge in [-0.15, -0.1) is 0 Å². The van der Waals surface area contributed by atoms with Crippen LogP contribution in [0.1, 0.15) is 12.5 Å². The second-order valence-corrected chi connectivity index (χ2v) is 3.28. The molecule has 0 unspecified atom stereocenters. The lowest BCUT2D eigenvalue weighted by atomic mass is 10.1. The number of hydrogen-bond acceptors (Lipinski definition) is 2. The van der Waals surface area contributed by atoms with Crippen LogP contribution in [-0.2, 0) is 6.42 Å². The molecule has 1 aromatic rings. The molecular formula is C8H11BrN2. The van der Waals surface area contributed by atoms with Crippen molar-refractivity contribution >= 4 is 27.3 Å². The molecule has 0 atom stereocenters. The summed E-state index contributed by atoms with van der Waals surface area (Å²) >= 11 is 3.41. The van der Waals surface area contributed by atoms with E-state index in [4.69, 9.17) is 11.5 Å². The highest BCUT2D eigenvalue weighted by Gasteiger charge is 2.00. The fraction of sp³-hybridized carbons (Fsp3) is 0.250. The Morgan fingerprint density at radius 3 is 2.36 bits per heavy atom. The van der Waals surface area contributed by atoms with Crippen molar-refractivity contribution < 1.29 is 0 Å². The first-order chi connectivity index (χ1) is 5.15. The van der Waals surface area contributed by atoms with Crippen molar-refractivity contribution in [1.82, 2.24) is 0 Å². The number of anilines is 2. The standard InChI is InChI=1S/C8H11BrN2/c1-2-5-3-7(10)8(11)4-6(5)9/h3-4H,2,10-11H2,1H3. The van der Waals surface area contributed by atoms with Gasteiger partial charge < -0.3 is 11.5 Å². The Morgan fingerprint density at radius 1 is 1.27 bits per heavy atom. The van der Waals surface area contributed by atoms with E-state index in [2.05, 4.69) is 22.9 Å². The van der Waals surface area contributed by atoms with Gasteiger partial charge in [-0.25, -0.2) is 0 Å². The zero-order chi connectivity index (χ0) is 8.43. The maximum absolute atomic E-state index is 5.62. The van der Waals surface area contributed by atoms with Crippen molar-refractivity contribution in [3.8, 4) is 0 Å². The molecule has 0 fully saturated rings. The first kappa shape index (κ1) is 8.40. The summed E-state index contributed by atoms with van der Waals surface area (Å²) in [4.78, 5) is 0. The molecule has 0 saturated heterocycles. The minimum absolute atomic E-state index is 0.633. The van der Waals surface area contributed by atoms with E-state index in [1.807, 2.05) is 12.1 Å². The Balaban J connectivity index is 3.21. The second-order valence-electron chi connectivity index (χ2n) is 2.43. The van der Waals surface area contributed by atoms with Crippen molar-refractivity contribution in [3.63, 3.8) is 0 Å². The molecule has 11 heavy (non-hydrogen) atoms. The summed E-state index contributed by atoms with van der Waals surface area (Å²) in [6.07, 6.45) is 0.963. The first-order valence-electron chi connectivity index (χ1n) is 3.48. The van der Waals surface area contributed by atoms with Gasteiger partial charge in [0.05, 0.1) is 11.4 Å². The fourth-order valence-electron chi connectivity index (χ4n) is 0.923. The lowest BCUT2D eigenvalue weighted by Crippen LogP contribution is -1.96. The van der Waals surface area contributed by atoms with Crippen LogP contribution in [0.25, 0.3) is 0 Å². The maximum Gasteiger partial charge on any atom is 0.0559 e. The molecule has 0 bridgehead atoms. The van der Waals surface area contributed by atoms with Gasteiger partial charge in [-0.2, -0.15) is 0 Å². The molecule has 0 aliphatic carbocycles. The third kappa shape index (κ3) is 1.66. The van der Waals surface area contributed by atoms with E-state index < -0.39 is 0 Å². The number of nitrogens with two attached hydrogens (primary N) is 2. The van der Waals surface area contributed by atoms with Crippen molar-refractivity contribution in [2.45, 2.75) is 13.3 Å². The van der Waals surface area contributed by atoms with Gasteiger partial charge >= 0.3 is 0 Å². The SMILES string of the molecule is CCc1cc(N)c(N)cc1Br. The summed E-state index contributed by atoms with van der Waals surface area (Å²) in [5, 5.41) is 0. The summed E-state index contributed by atoms with van der Waals surface area (Å²) in [7, 11) is 0. The number of aryl methyl sites for hydroxylation is 1. The Hall–Kier alpha value is -0.700.